The van der Waals surface area contributed by atoms with Crippen molar-refractivity contribution in [3.05, 3.63) is 64.2 Å². The van der Waals surface area contributed by atoms with E-state index in [0.717, 1.165) is 11.9 Å². The van der Waals surface area contributed by atoms with Crippen LogP contribution in [0.25, 0.3) is 11.0 Å². The number of non-ortho nitro benzene ring substituents is 1. The highest BCUT2D eigenvalue weighted by Gasteiger charge is 2.48. The lowest BCUT2D eigenvalue weighted by Crippen LogP contribution is -2.50. The predicted octanol–water partition coefficient (Wildman–Crippen LogP) is 4.11. The molecule has 1 aliphatic heterocycles. The summed E-state index contributed by atoms with van der Waals surface area (Å²) < 4.78 is 7.15. The average molecular weight is 450 g/mol. The Morgan fingerprint density at radius 2 is 1.97 bits per heavy atom. The zero-order valence-corrected chi connectivity index (χ0v) is 18.8. The number of anilines is 1. The number of carbonyl (C=O) groups is 2. The Labute approximate surface area is 191 Å². The molecule has 0 saturated heterocycles. The van der Waals surface area contributed by atoms with E-state index < -0.39 is 28.8 Å². The number of nitro groups is 1. The number of nitrogens with zero attached hydrogens (tertiary/aromatic N) is 4. The van der Waals surface area contributed by atoms with Crippen LogP contribution in [0.5, 0.6) is 0 Å². The lowest BCUT2D eigenvalue weighted by atomic mass is 9.89. The number of esters is 1. The van der Waals surface area contributed by atoms with E-state index >= 15 is 0 Å². The second-order valence-electron chi connectivity index (χ2n) is 8.47. The first-order chi connectivity index (χ1) is 15.8. The molecule has 0 fully saturated rings. The fourth-order valence-electron chi connectivity index (χ4n) is 4.27. The number of para-hydroxylation sites is 2. The smallest absolute Gasteiger partial charge is 0.321 e. The molecule has 3 aromatic rings. The highest BCUT2D eigenvalue weighted by molar-refractivity contribution is 6.08. The lowest BCUT2D eigenvalue weighted by molar-refractivity contribution is -0.384. The SMILES string of the molecule is CCOC(=O)[C@@H]1C(=O)N(CCC(C)C)c2nc3ccccc3n2[C@@H]1c1cccc([N+](=O)[O-])c1. The van der Waals surface area contributed by atoms with Crippen molar-refractivity contribution in [3.63, 3.8) is 0 Å². The molecular formula is C24H26N4O5. The van der Waals surface area contributed by atoms with Gasteiger partial charge in [0.15, 0.2) is 5.92 Å². The molecule has 2 heterocycles. The molecule has 0 unspecified atom stereocenters. The molecule has 172 valence electrons. The number of rotatable bonds is 7. The first-order valence-corrected chi connectivity index (χ1v) is 11.0. The molecule has 2 aromatic carbocycles. The van der Waals surface area contributed by atoms with Gasteiger partial charge in [-0.25, -0.2) is 4.98 Å². The molecule has 9 heteroatoms. The van der Waals surface area contributed by atoms with Gasteiger partial charge < -0.3 is 9.30 Å². The van der Waals surface area contributed by atoms with Crippen molar-refractivity contribution < 1.29 is 19.2 Å². The van der Waals surface area contributed by atoms with Gasteiger partial charge in [-0.3, -0.25) is 24.6 Å². The third-order valence-corrected chi connectivity index (χ3v) is 5.84. The Morgan fingerprint density at radius 1 is 1.21 bits per heavy atom. The number of nitro benzene ring substituents is 1. The van der Waals surface area contributed by atoms with Crippen LogP contribution in [-0.4, -0.2) is 39.5 Å². The van der Waals surface area contributed by atoms with Crippen LogP contribution < -0.4 is 4.90 Å². The molecule has 33 heavy (non-hydrogen) atoms. The van der Waals surface area contributed by atoms with Crippen molar-refractivity contribution in [2.24, 2.45) is 11.8 Å². The largest absolute Gasteiger partial charge is 0.465 e. The number of fused-ring (bicyclic) bond motifs is 3. The molecular weight excluding hydrogens is 424 g/mol. The normalized spacial score (nSPS) is 17.9. The average Bonchev–Trinajstić information content (AvgIpc) is 3.16. The quantitative estimate of drug-likeness (QED) is 0.232. The van der Waals surface area contributed by atoms with Crippen LogP contribution in [0.4, 0.5) is 11.6 Å². The molecule has 2 atom stereocenters. The summed E-state index contributed by atoms with van der Waals surface area (Å²) in [5.41, 5.74) is 1.77. The van der Waals surface area contributed by atoms with Crippen molar-refractivity contribution >= 4 is 34.5 Å². The van der Waals surface area contributed by atoms with Crippen LogP contribution in [0, 0.1) is 22.0 Å². The van der Waals surface area contributed by atoms with Crippen molar-refractivity contribution in [2.75, 3.05) is 18.1 Å². The molecule has 4 rings (SSSR count). The molecule has 1 aliphatic rings. The summed E-state index contributed by atoms with van der Waals surface area (Å²) in [6, 6.07) is 12.6. The van der Waals surface area contributed by atoms with Gasteiger partial charge in [0, 0.05) is 18.7 Å². The van der Waals surface area contributed by atoms with Crippen molar-refractivity contribution in [1.82, 2.24) is 9.55 Å². The standard InChI is InChI=1S/C24H26N4O5/c1-4-33-23(30)20-21(16-8-7-9-17(14-16)28(31)32)27-19-11-6-5-10-18(19)25-24(27)26(22(20)29)13-12-15(2)3/h5-11,14-15,20-21H,4,12-13H2,1-3H3/t20-,21+/m0/s1. The Balaban J connectivity index is 1.98. The molecule has 9 nitrogen and oxygen atoms in total. The Hall–Kier alpha value is -3.75. The topological polar surface area (TPSA) is 108 Å². The summed E-state index contributed by atoms with van der Waals surface area (Å²) in [6.07, 6.45) is 0.728. The molecule has 0 N–H and O–H groups in total. The molecule has 0 radical (unpaired) electrons. The van der Waals surface area contributed by atoms with E-state index in [9.17, 15) is 19.7 Å². The number of amides is 1. The van der Waals surface area contributed by atoms with Crippen LogP contribution in [0.2, 0.25) is 0 Å². The summed E-state index contributed by atoms with van der Waals surface area (Å²) in [4.78, 5) is 44.1. The minimum atomic E-state index is -1.19. The first kappa shape index (κ1) is 22.4. The van der Waals surface area contributed by atoms with Crippen LogP contribution in [-0.2, 0) is 14.3 Å². The number of hydrogen-bond donors (Lipinski definition) is 0. The van der Waals surface area contributed by atoms with Gasteiger partial charge in [-0.15, -0.1) is 0 Å². The molecule has 0 bridgehead atoms. The van der Waals surface area contributed by atoms with Crippen LogP contribution >= 0.6 is 0 Å². The highest BCUT2D eigenvalue weighted by Crippen LogP contribution is 2.42. The zero-order chi connectivity index (χ0) is 23.7. The molecule has 0 spiro atoms. The predicted molar refractivity (Wildman–Crippen MR) is 123 cm³/mol. The van der Waals surface area contributed by atoms with Gasteiger partial charge in [0.05, 0.1) is 28.6 Å². The van der Waals surface area contributed by atoms with Crippen molar-refractivity contribution in [3.8, 4) is 0 Å². The Bertz CT molecular complexity index is 1220. The van der Waals surface area contributed by atoms with E-state index in [-0.39, 0.29) is 12.3 Å². The summed E-state index contributed by atoms with van der Waals surface area (Å²) in [5.74, 6) is -1.49. The van der Waals surface area contributed by atoms with Gasteiger partial charge in [-0.1, -0.05) is 38.1 Å². The van der Waals surface area contributed by atoms with Gasteiger partial charge in [-0.05, 0) is 37.0 Å². The zero-order valence-electron chi connectivity index (χ0n) is 18.8. The number of benzene rings is 2. The summed E-state index contributed by atoms with van der Waals surface area (Å²) >= 11 is 0. The van der Waals surface area contributed by atoms with E-state index in [4.69, 9.17) is 9.72 Å². The van der Waals surface area contributed by atoms with E-state index in [0.29, 0.717) is 29.5 Å². The summed E-state index contributed by atoms with van der Waals surface area (Å²) in [6.45, 7) is 6.32. The summed E-state index contributed by atoms with van der Waals surface area (Å²) in [7, 11) is 0. The minimum absolute atomic E-state index is 0.115. The van der Waals surface area contributed by atoms with E-state index in [1.54, 1.807) is 24.0 Å². The van der Waals surface area contributed by atoms with Crippen LogP contribution in [0.1, 0.15) is 38.8 Å². The number of ether oxygens (including phenoxy) is 1. The molecule has 0 saturated carbocycles. The van der Waals surface area contributed by atoms with Gasteiger partial charge in [-0.2, -0.15) is 0 Å². The third kappa shape index (κ3) is 4.06. The van der Waals surface area contributed by atoms with Gasteiger partial charge in [0.1, 0.15) is 0 Å². The van der Waals surface area contributed by atoms with Crippen molar-refractivity contribution in [1.29, 1.82) is 0 Å². The highest BCUT2D eigenvalue weighted by atomic mass is 16.6. The second-order valence-corrected chi connectivity index (χ2v) is 8.47. The fraction of sp³-hybridized carbons (Fsp3) is 0.375. The maximum absolute atomic E-state index is 13.7. The second kappa shape index (κ2) is 9.01. The third-order valence-electron chi connectivity index (χ3n) is 5.84. The van der Waals surface area contributed by atoms with Crippen molar-refractivity contribution in [2.45, 2.75) is 33.2 Å². The number of carbonyl (C=O) groups excluding carboxylic acids is 2. The van der Waals surface area contributed by atoms with Crippen LogP contribution in [0.15, 0.2) is 48.5 Å². The molecule has 1 amide bonds. The summed E-state index contributed by atoms with van der Waals surface area (Å²) in [5, 5.41) is 11.4. The molecule has 0 aliphatic carbocycles. The van der Waals surface area contributed by atoms with E-state index in [1.165, 1.54) is 12.1 Å². The maximum atomic E-state index is 13.7. The maximum Gasteiger partial charge on any atom is 0.321 e. The van der Waals surface area contributed by atoms with Gasteiger partial charge >= 0.3 is 5.97 Å². The number of aromatic nitrogens is 2. The Morgan fingerprint density at radius 3 is 2.67 bits per heavy atom. The first-order valence-electron chi connectivity index (χ1n) is 11.0. The molecule has 1 aromatic heterocycles. The van der Waals surface area contributed by atoms with Gasteiger partial charge in [0.2, 0.25) is 11.9 Å². The number of hydrogen-bond acceptors (Lipinski definition) is 6. The van der Waals surface area contributed by atoms with E-state index in [1.807, 2.05) is 28.8 Å². The lowest BCUT2D eigenvalue weighted by Gasteiger charge is -2.38. The van der Waals surface area contributed by atoms with E-state index in [2.05, 4.69) is 13.8 Å². The minimum Gasteiger partial charge on any atom is -0.465 e. The monoisotopic (exact) mass is 450 g/mol. The van der Waals surface area contributed by atoms with Gasteiger partial charge in [0.25, 0.3) is 5.69 Å². The number of imidazole rings is 1. The Kier molecular flexibility index (Phi) is 6.13. The fourth-order valence-corrected chi connectivity index (χ4v) is 4.27. The van der Waals surface area contributed by atoms with Crippen LogP contribution in [0.3, 0.4) is 0 Å².